The Morgan fingerprint density at radius 3 is 2.58 bits per heavy atom. The van der Waals surface area contributed by atoms with Crippen LogP contribution in [0.3, 0.4) is 0 Å². The van der Waals surface area contributed by atoms with Crippen molar-refractivity contribution < 1.29 is 22.7 Å². The molecule has 134 valence electrons. The number of nitrogens with zero attached hydrogens (tertiary/aromatic N) is 1. The highest BCUT2D eigenvalue weighted by Gasteiger charge is 2.41. The number of likely N-dealkylation sites (tertiary alicyclic amines) is 1. The van der Waals surface area contributed by atoms with Crippen LogP contribution in [0.4, 0.5) is 0 Å². The molecule has 24 heavy (non-hydrogen) atoms. The molecule has 1 unspecified atom stereocenters. The van der Waals surface area contributed by atoms with E-state index in [-0.39, 0.29) is 12.5 Å². The maximum atomic E-state index is 12.1. The maximum absolute atomic E-state index is 12.1. The Balaban J connectivity index is 1.91. The predicted molar refractivity (Wildman–Crippen MR) is 90.5 cm³/mol. The summed E-state index contributed by atoms with van der Waals surface area (Å²) in [6.07, 6.45) is 1.67. The molecule has 8 heteroatoms. The van der Waals surface area contributed by atoms with Crippen LogP contribution in [0.25, 0.3) is 0 Å². The minimum Gasteiger partial charge on any atom is -0.491 e. The minimum atomic E-state index is -3.39. The summed E-state index contributed by atoms with van der Waals surface area (Å²) in [7, 11) is -1.79. The fourth-order valence-electron chi connectivity index (χ4n) is 2.55. The molecular formula is C16H24N2O5S. The molecular weight excluding hydrogens is 332 g/mol. The third kappa shape index (κ3) is 5.19. The number of hydrogen-bond acceptors (Lipinski definition) is 5. The Kier molecular flexibility index (Phi) is 5.84. The molecule has 1 fully saturated rings. The van der Waals surface area contributed by atoms with Crippen LogP contribution in [0, 0.1) is 6.92 Å². The molecule has 1 heterocycles. The van der Waals surface area contributed by atoms with E-state index in [9.17, 15) is 13.2 Å². The fourth-order valence-corrected chi connectivity index (χ4v) is 2.94. The summed E-state index contributed by atoms with van der Waals surface area (Å²) in [6, 6.07) is 7.73. The number of methoxy groups -OCH3 is 1. The van der Waals surface area contributed by atoms with Crippen LogP contribution in [0.5, 0.6) is 5.75 Å². The lowest BCUT2D eigenvalue weighted by Gasteiger charge is -2.28. The predicted octanol–water partition coefficient (Wildman–Crippen LogP) is 0.541. The zero-order valence-corrected chi connectivity index (χ0v) is 15.1. The highest BCUT2D eigenvalue weighted by molar-refractivity contribution is 7.88. The summed E-state index contributed by atoms with van der Waals surface area (Å²) in [6.45, 7) is 2.98. The lowest BCUT2D eigenvalue weighted by Crippen LogP contribution is -2.44. The number of ether oxygens (including phenoxy) is 2. The summed E-state index contributed by atoms with van der Waals surface area (Å²) in [5.41, 5.74) is 0.575. The highest BCUT2D eigenvalue weighted by Crippen LogP contribution is 2.26. The molecule has 1 aliphatic heterocycles. The largest absolute Gasteiger partial charge is 0.491 e. The molecule has 1 aromatic carbocycles. The van der Waals surface area contributed by atoms with E-state index in [4.69, 9.17) is 9.47 Å². The number of carbonyl (C=O) groups is 1. The molecule has 1 aromatic rings. The Bertz CT molecular complexity index is 674. The summed E-state index contributed by atoms with van der Waals surface area (Å²) >= 11 is 0. The van der Waals surface area contributed by atoms with E-state index in [0.29, 0.717) is 26.1 Å². The van der Waals surface area contributed by atoms with Gasteiger partial charge in [0, 0.05) is 13.7 Å². The second-order valence-electron chi connectivity index (χ2n) is 6.15. The van der Waals surface area contributed by atoms with Gasteiger partial charge >= 0.3 is 0 Å². The van der Waals surface area contributed by atoms with Crippen molar-refractivity contribution in [3.63, 3.8) is 0 Å². The molecule has 1 saturated heterocycles. The highest BCUT2D eigenvalue weighted by atomic mass is 32.2. The Morgan fingerprint density at radius 2 is 2.00 bits per heavy atom. The van der Waals surface area contributed by atoms with Crippen LogP contribution >= 0.6 is 0 Å². The number of benzene rings is 1. The van der Waals surface area contributed by atoms with Crippen LogP contribution in [0.15, 0.2) is 24.3 Å². The monoisotopic (exact) mass is 356 g/mol. The number of hydrogen-bond donors (Lipinski definition) is 1. The van der Waals surface area contributed by atoms with Gasteiger partial charge in [0.15, 0.2) is 0 Å². The number of carbonyl (C=O) groups excluding carboxylic acids is 1. The van der Waals surface area contributed by atoms with Crippen molar-refractivity contribution >= 4 is 15.9 Å². The van der Waals surface area contributed by atoms with Gasteiger partial charge in [-0.2, -0.15) is 0 Å². The lowest BCUT2D eigenvalue weighted by atomic mass is 10.0. The Labute approximate surface area is 143 Å². The summed E-state index contributed by atoms with van der Waals surface area (Å²) in [5.74, 6) is 0.482. The third-order valence-electron chi connectivity index (χ3n) is 4.11. The van der Waals surface area contributed by atoms with Crippen molar-refractivity contribution in [1.82, 2.24) is 9.62 Å². The van der Waals surface area contributed by atoms with Crippen molar-refractivity contribution in [3.05, 3.63) is 29.8 Å². The first-order valence-corrected chi connectivity index (χ1v) is 9.59. The van der Waals surface area contributed by atoms with Gasteiger partial charge in [0.1, 0.15) is 18.0 Å². The van der Waals surface area contributed by atoms with Crippen molar-refractivity contribution in [2.45, 2.75) is 18.9 Å². The van der Waals surface area contributed by atoms with Gasteiger partial charge in [0.25, 0.3) is 0 Å². The van der Waals surface area contributed by atoms with E-state index >= 15 is 0 Å². The van der Waals surface area contributed by atoms with Crippen molar-refractivity contribution in [3.8, 4) is 5.75 Å². The number of sulfonamides is 1. The first-order valence-electron chi connectivity index (χ1n) is 7.70. The topological polar surface area (TPSA) is 84.9 Å². The van der Waals surface area contributed by atoms with Crippen LogP contribution in [-0.2, 0) is 19.6 Å². The molecule has 0 radical (unpaired) electrons. The maximum Gasteiger partial charge on any atom is 0.237 e. The summed E-state index contributed by atoms with van der Waals surface area (Å²) < 4.78 is 35.8. The number of aryl methyl sites for hydroxylation is 1. The zero-order valence-electron chi connectivity index (χ0n) is 14.2. The smallest absolute Gasteiger partial charge is 0.237 e. The van der Waals surface area contributed by atoms with Gasteiger partial charge in [-0.25, -0.2) is 13.1 Å². The molecule has 0 bridgehead atoms. The van der Waals surface area contributed by atoms with Gasteiger partial charge in [-0.15, -0.1) is 0 Å². The van der Waals surface area contributed by atoms with E-state index < -0.39 is 15.6 Å². The van der Waals surface area contributed by atoms with Gasteiger partial charge in [0.2, 0.25) is 15.9 Å². The molecule has 0 spiro atoms. The van der Waals surface area contributed by atoms with Gasteiger partial charge in [-0.05, 0) is 25.5 Å². The lowest BCUT2D eigenvalue weighted by molar-refractivity contribution is -0.130. The third-order valence-corrected chi connectivity index (χ3v) is 4.78. The van der Waals surface area contributed by atoms with E-state index in [1.807, 2.05) is 31.2 Å². The molecule has 1 atom stereocenters. The van der Waals surface area contributed by atoms with Crippen LogP contribution in [-0.4, -0.2) is 64.4 Å². The zero-order chi connectivity index (χ0) is 17.8. The molecule has 1 amide bonds. The Morgan fingerprint density at radius 1 is 1.33 bits per heavy atom. The quantitative estimate of drug-likeness (QED) is 0.771. The fraction of sp³-hybridized carbons (Fsp3) is 0.562. The van der Waals surface area contributed by atoms with Crippen molar-refractivity contribution in [2.75, 3.05) is 39.6 Å². The van der Waals surface area contributed by atoms with Crippen LogP contribution in [0.2, 0.25) is 0 Å². The van der Waals surface area contributed by atoms with E-state index in [0.717, 1.165) is 17.6 Å². The molecule has 1 N–H and O–H groups in total. The van der Waals surface area contributed by atoms with Crippen molar-refractivity contribution in [1.29, 1.82) is 0 Å². The van der Waals surface area contributed by atoms with Crippen LogP contribution < -0.4 is 9.46 Å². The van der Waals surface area contributed by atoms with Gasteiger partial charge in [0.05, 0.1) is 19.3 Å². The van der Waals surface area contributed by atoms with E-state index in [2.05, 4.69) is 4.72 Å². The van der Waals surface area contributed by atoms with Gasteiger partial charge < -0.3 is 14.4 Å². The molecule has 1 aliphatic rings. The Hall–Kier alpha value is -1.64. The molecule has 2 rings (SSSR count). The van der Waals surface area contributed by atoms with Gasteiger partial charge in [-0.1, -0.05) is 17.7 Å². The molecule has 7 nitrogen and oxygen atoms in total. The number of amides is 1. The average molecular weight is 356 g/mol. The molecule has 0 aliphatic carbocycles. The SMILES string of the molecule is COC1(COc2ccc(C)cc2)CCN(C(=O)CNS(C)(=O)=O)C1. The van der Waals surface area contributed by atoms with E-state index in [1.54, 1.807) is 12.0 Å². The summed E-state index contributed by atoms with van der Waals surface area (Å²) in [4.78, 5) is 13.7. The molecule has 0 aromatic heterocycles. The average Bonchev–Trinajstić information content (AvgIpc) is 2.97. The number of nitrogens with one attached hydrogen (secondary N) is 1. The second kappa shape index (κ2) is 7.50. The number of rotatable bonds is 7. The first-order chi connectivity index (χ1) is 11.2. The van der Waals surface area contributed by atoms with Gasteiger partial charge in [-0.3, -0.25) is 4.79 Å². The second-order valence-corrected chi connectivity index (χ2v) is 7.98. The van der Waals surface area contributed by atoms with Crippen molar-refractivity contribution in [2.24, 2.45) is 0 Å². The first kappa shape index (κ1) is 18.7. The van der Waals surface area contributed by atoms with Crippen LogP contribution in [0.1, 0.15) is 12.0 Å². The standard InChI is InChI=1S/C16H24N2O5S/c1-13-4-6-14(7-5-13)23-12-16(22-2)8-9-18(11-16)15(19)10-17-24(3,20)21/h4-7,17H,8-12H2,1-3H3. The molecule has 0 saturated carbocycles. The van der Waals surface area contributed by atoms with E-state index in [1.165, 1.54) is 0 Å². The minimum absolute atomic E-state index is 0.239. The normalized spacial score (nSPS) is 21.0. The summed E-state index contributed by atoms with van der Waals surface area (Å²) in [5, 5.41) is 0.